The van der Waals surface area contributed by atoms with E-state index in [2.05, 4.69) is 25.7 Å². The molecule has 2 saturated heterocycles. The summed E-state index contributed by atoms with van der Waals surface area (Å²) in [5.41, 5.74) is 0. The molecule has 2 aliphatic heterocycles. The van der Waals surface area contributed by atoms with Gasteiger partial charge in [-0.3, -0.25) is 0 Å². The lowest BCUT2D eigenvalue weighted by Gasteiger charge is -2.16. The maximum atomic E-state index is 9.55. The lowest BCUT2D eigenvalue weighted by Crippen LogP contribution is -2.24. The van der Waals surface area contributed by atoms with E-state index in [-0.39, 0.29) is 12.2 Å². The minimum atomic E-state index is -0.161. The maximum absolute atomic E-state index is 9.55. The minimum absolute atomic E-state index is 0.161. The smallest absolute Gasteiger partial charge is 0.124 e. The molecule has 1 aromatic rings. The number of nitrogens with zero attached hydrogens (tertiary/aromatic N) is 2. The Morgan fingerprint density at radius 3 is 1.74 bits per heavy atom. The van der Waals surface area contributed by atoms with Crippen molar-refractivity contribution < 1.29 is 19.7 Å². The summed E-state index contributed by atoms with van der Waals surface area (Å²) < 4.78 is 12.7. The molecular weight excluding hydrogens is 412 g/mol. The molecule has 152 valence electrons. The van der Waals surface area contributed by atoms with Gasteiger partial charge in [0.25, 0.3) is 0 Å². The number of rotatable bonds is 10. The topological polar surface area (TPSA) is 65.4 Å². The summed E-state index contributed by atoms with van der Waals surface area (Å²) in [6.07, 6.45) is 3.32. The van der Waals surface area contributed by atoms with Crippen LogP contribution < -0.4 is 9.47 Å². The van der Waals surface area contributed by atoms with E-state index in [1.54, 1.807) is 0 Å². The zero-order valence-corrected chi connectivity index (χ0v) is 17.4. The quantitative estimate of drug-likeness (QED) is 0.541. The zero-order valence-electron chi connectivity index (χ0n) is 15.9. The maximum Gasteiger partial charge on any atom is 0.124 e. The summed E-state index contributed by atoms with van der Waals surface area (Å²) >= 11 is 3.52. The molecule has 2 heterocycles. The Morgan fingerprint density at radius 2 is 1.33 bits per heavy atom. The van der Waals surface area contributed by atoms with Crippen LogP contribution in [0.2, 0.25) is 0 Å². The average Bonchev–Trinajstić information content (AvgIpc) is 3.23. The van der Waals surface area contributed by atoms with Gasteiger partial charge in [-0.1, -0.05) is 15.9 Å². The first-order chi connectivity index (χ1) is 13.1. The highest BCUT2D eigenvalue weighted by molar-refractivity contribution is 9.10. The van der Waals surface area contributed by atoms with Gasteiger partial charge in [0.05, 0.1) is 25.4 Å². The zero-order chi connectivity index (χ0) is 19.1. The second kappa shape index (κ2) is 10.6. The molecule has 0 bridgehead atoms. The summed E-state index contributed by atoms with van der Waals surface area (Å²) in [4.78, 5) is 4.56. The molecule has 0 spiro atoms. The minimum Gasteiger partial charge on any atom is -0.493 e. The van der Waals surface area contributed by atoms with Gasteiger partial charge in [0.1, 0.15) is 11.5 Å². The highest BCUT2D eigenvalue weighted by Gasteiger charge is 2.20. The third-order valence-electron chi connectivity index (χ3n) is 5.11. The van der Waals surface area contributed by atoms with Crippen molar-refractivity contribution in [3.63, 3.8) is 0 Å². The third kappa shape index (κ3) is 7.23. The molecular formula is C20H31BrN2O4. The highest BCUT2D eigenvalue weighted by Crippen LogP contribution is 2.26. The molecule has 27 heavy (non-hydrogen) atoms. The van der Waals surface area contributed by atoms with Crippen molar-refractivity contribution >= 4 is 15.9 Å². The number of likely N-dealkylation sites (tertiary alicyclic amines) is 2. The van der Waals surface area contributed by atoms with Crippen molar-refractivity contribution in [3.8, 4) is 11.5 Å². The Hall–Kier alpha value is -0.860. The number of β-amino-alcohol motifs (C(OH)–C–C–N with tert-alkyl or cyclic N) is 2. The molecule has 0 aliphatic carbocycles. The first kappa shape index (κ1) is 20.9. The highest BCUT2D eigenvalue weighted by atomic mass is 79.9. The van der Waals surface area contributed by atoms with Crippen LogP contribution in [0.25, 0.3) is 0 Å². The monoisotopic (exact) mass is 442 g/mol. The Bertz CT molecular complexity index is 543. The van der Waals surface area contributed by atoms with Gasteiger partial charge in [-0.25, -0.2) is 0 Å². The molecule has 0 aromatic heterocycles. The predicted molar refractivity (Wildman–Crippen MR) is 108 cm³/mol. The van der Waals surface area contributed by atoms with Crippen LogP contribution in [0.5, 0.6) is 11.5 Å². The van der Waals surface area contributed by atoms with Gasteiger partial charge < -0.3 is 29.5 Å². The molecule has 2 aliphatic rings. The van der Waals surface area contributed by atoms with Gasteiger partial charge in [-0.15, -0.1) is 0 Å². The Labute approximate surface area is 170 Å². The van der Waals surface area contributed by atoms with Crippen LogP contribution in [0.3, 0.4) is 0 Å². The molecule has 3 rings (SSSR count). The number of halogens is 1. The van der Waals surface area contributed by atoms with Crippen molar-refractivity contribution in [2.75, 3.05) is 52.5 Å². The van der Waals surface area contributed by atoms with Gasteiger partial charge in [0.2, 0.25) is 0 Å². The number of aliphatic hydroxyl groups is 2. The van der Waals surface area contributed by atoms with Crippen molar-refractivity contribution in [3.05, 3.63) is 22.7 Å². The van der Waals surface area contributed by atoms with E-state index >= 15 is 0 Å². The normalized spacial score (nSPS) is 23.8. The van der Waals surface area contributed by atoms with E-state index in [4.69, 9.17) is 9.47 Å². The van der Waals surface area contributed by atoms with E-state index < -0.39 is 0 Å². The molecule has 2 fully saturated rings. The fraction of sp³-hybridized carbons (Fsp3) is 0.700. The number of ether oxygens (including phenoxy) is 2. The predicted octanol–water partition coefficient (Wildman–Crippen LogP) is 2.12. The number of aliphatic hydroxyl groups excluding tert-OH is 2. The van der Waals surface area contributed by atoms with Gasteiger partial charge in [0.15, 0.2) is 0 Å². The molecule has 2 N–H and O–H groups in total. The largest absolute Gasteiger partial charge is 0.493 e. The van der Waals surface area contributed by atoms with E-state index in [1.807, 2.05) is 18.2 Å². The Morgan fingerprint density at radius 1 is 0.852 bits per heavy atom. The van der Waals surface area contributed by atoms with Crippen LogP contribution in [-0.2, 0) is 0 Å². The number of benzene rings is 1. The van der Waals surface area contributed by atoms with Crippen molar-refractivity contribution in [2.24, 2.45) is 0 Å². The van der Waals surface area contributed by atoms with Gasteiger partial charge in [-0.2, -0.15) is 0 Å². The van der Waals surface area contributed by atoms with E-state index in [0.717, 1.165) is 80.9 Å². The lowest BCUT2D eigenvalue weighted by molar-refractivity contribution is 0.173. The second-order valence-electron chi connectivity index (χ2n) is 7.51. The van der Waals surface area contributed by atoms with Crippen molar-refractivity contribution in [1.82, 2.24) is 9.80 Å². The average molecular weight is 443 g/mol. The van der Waals surface area contributed by atoms with Gasteiger partial charge >= 0.3 is 0 Å². The van der Waals surface area contributed by atoms with Crippen molar-refractivity contribution in [2.45, 2.75) is 37.9 Å². The van der Waals surface area contributed by atoms with E-state index in [9.17, 15) is 10.2 Å². The molecule has 6 nitrogen and oxygen atoms in total. The van der Waals surface area contributed by atoms with Crippen molar-refractivity contribution in [1.29, 1.82) is 0 Å². The van der Waals surface area contributed by atoms with Crippen LogP contribution in [-0.4, -0.2) is 84.7 Å². The van der Waals surface area contributed by atoms with Crippen LogP contribution in [0, 0.1) is 0 Å². The fourth-order valence-corrected chi connectivity index (χ4v) is 4.14. The standard InChI is InChI=1S/C20H31BrN2O4/c21-16-11-19(26-9-1-5-22-7-3-17(24)14-22)13-20(12-16)27-10-2-6-23-8-4-18(25)15-23/h11-13,17-18,24-25H,1-10,14-15H2. The fourth-order valence-electron chi connectivity index (χ4n) is 3.69. The summed E-state index contributed by atoms with van der Waals surface area (Å²) in [7, 11) is 0. The van der Waals surface area contributed by atoms with Gasteiger partial charge in [-0.05, 0) is 37.8 Å². The second-order valence-corrected chi connectivity index (χ2v) is 8.43. The van der Waals surface area contributed by atoms with E-state index in [0.29, 0.717) is 13.2 Å². The molecule has 2 atom stereocenters. The SMILES string of the molecule is OC1CCN(CCCOc2cc(Br)cc(OCCCN3CCC(O)C3)c2)C1. The summed E-state index contributed by atoms with van der Waals surface area (Å²) in [5.74, 6) is 1.62. The molecule has 0 saturated carbocycles. The molecule has 2 unspecified atom stereocenters. The lowest BCUT2D eigenvalue weighted by atomic mass is 10.3. The number of hydrogen-bond acceptors (Lipinski definition) is 6. The Kier molecular flexibility index (Phi) is 8.21. The van der Waals surface area contributed by atoms with Crippen LogP contribution in [0.4, 0.5) is 0 Å². The first-order valence-corrected chi connectivity index (χ1v) is 10.7. The molecule has 1 aromatic carbocycles. The molecule has 0 radical (unpaired) electrons. The van der Waals surface area contributed by atoms with Crippen LogP contribution in [0.15, 0.2) is 22.7 Å². The Balaban J connectivity index is 1.34. The van der Waals surface area contributed by atoms with Crippen LogP contribution in [0.1, 0.15) is 25.7 Å². The third-order valence-corrected chi connectivity index (χ3v) is 5.57. The summed E-state index contributed by atoms with van der Waals surface area (Å²) in [6, 6.07) is 5.85. The van der Waals surface area contributed by atoms with Crippen LogP contribution >= 0.6 is 15.9 Å². The molecule has 0 amide bonds. The number of hydrogen-bond donors (Lipinski definition) is 2. The summed E-state index contributed by atoms with van der Waals surface area (Å²) in [5, 5.41) is 19.1. The first-order valence-electron chi connectivity index (χ1n) is 9.95. The summed E-state index contributed by atoms with van der Waals surface area (Å²) in [6.45, 7) is 6.74. The van der Waals surface area contributed by atoms with E-state index in [1.165, 1.54) is 0 Å². The van der Waals surface area contributed by atoms with Gasteiger partial charge in [0, 0.05) is 49.8 Å². The molecule has 7 heteroatoms.